The van der Waals surface area contributed by atoms with Crippen molar-refractivity contribution in [1.29, 1.82) is 0 Å². The molecule has 49 heavy (non-hydrogen) atoms. The van der Waals surface area contributed by atoms with Crippen LogP contribution in [0.1, 0.15) is 41.0 Å². The zero-order valence-electron chi connectivity index (χ0n) is 28.4. The number of carbonyl (C=O) groups excluding carboxylic acids is 3. The number of H-pyrrole nitrogens is 1. The number of para-hydroxylation sites is 1. The summed E-state index contributed by atoms with van der Waals surface area (Å²) in [4.78, 5) is 42.7. The van der Waals surface area contributed by atoms with Crippen molar-refractivity contribution in [2.75, 3.05) is 51.4 Å². The number of aryl methyl sites for hydroxylation is 2. The number of anilines is 3. The maximum absolute atomic E-state index is 13.4. The lowest BCUT2D eigenvalue weighted by atomic mass is 10.0. The van der Waals surface area contributed by atoms with E-state index in [9.17, 15) is 14.4 Å². The maximum Gasteiger partial charge on any atom is 0.344 e. The Bertz CT molecular complexity index is 1970. The van der Waals surface area contributed by atoms with Crippen molar-refractivity contribution >= 4 is 57.4 Å². The number of nitrogens with one attached hydrogen (secondary N) is 4. The van der Waals surface area contributed by atoms with Crippen molar-refractivity contribution in [3.8, 4) is 11.3 Å². The molecule has 5 rings (SSSR count). The minimum atomic E-state index is -0.302. The van der Waals surface area contributed by atoms with E-state index in [1.807, 2.05) is 87.4 Å². The van der Waals surface area contributed by atoms with Gasteiger partial charge in [0.25, 0.3) is 5.91 Å². The Labute approximate surface area is 290 Å². The van der Waals surface area contributed by atoms with Gasteiger partial charge in [-0.05, 0) is 102 Å². The molecule has 2 heterocycles. The van der Waals surface area contributed by atoms with E-state index in [0.717, 1.165) is 40.2 Å². The van der Waals surface area contributed by atoms with Gasteiger partial charge < -0.3 is 25.8 Å². The number of aromatic nitrogens is 4. The summed E-state index contributed by atoms with van der Waals surface area (Å²) < 4.78 is 1.38. The molecule has 3 aromatic carbocycles. The number of hydrogen-bond donors (Lipinski definition) is 4. The highest BCUT2D eigenvalue weighted by Gasteiger charge is 2.17. The van der Waals surface area contributed by atoms with Gasteiger partial charge in [-0.1, -0.05) is 23.7 Å². The Balaban J connectivity index is 1.32. The molecule has 13 heteroatoms. The van der Waals surface area contributed by atoms with Crippen LogP contribution in [0.5, 0.6) is 0 Å². The van der Waals surface area contributed by atoms with E-state index in [1.54, 1.807) is 24.1 Å². The van der Waals surface area contributed by atoms with E-state index in [2.05, 4.69) is 31.2 Å². The summed E-state index contributed by atoms with van der Waals surface area (Å²) >= 11 is 6.34. The molecule has 5 aromatic rings. The van der Waals surface area contributed by atoms with Crippen LogP contribution in [0.15, 0.2) is 66.7 Å². The summed E-state index contributed by atoms with van der Waals surface area (Å²) in [6.07, 6.45) is 1.59. The van der Waals surface area contributed by atoms with E-state index >= 15 is 0 Å². The van der Waals surface area contributed by atoms with Gasteiger partial charge in [-0.2, -0.15) is 14.9 Å². The van der Waals surface area contributed by atoms with Crippen molar-refractivity contribution in [3.05, 3.63) is 88.7 Å². The predicted octanol–water partition coefficient (Wildman–Crippen LogP) is 6.44. The van der Waals surface area contributed by atoms with Crippen LogP contribution >= 0.6 is 11.6 Å². The van der Waals surface area contributed by atoms with Crippen LogP contribution in [0.4, 0.5) is 21.9 Å². The van der Waals surface area contributed by atoms with E-state index < -0.39 is 0 Å². The van der Waals surface area contributed by atoms with Gasteiger partial charge in [0, 0.05) is 60.1 Å². The van der Waals surface area contributed by atoms with E-state index in [-0.39, 0.29) is 17.8 Å². The van der Waals surface area contributed by atoms with Crippen molar-refractivity contribution < 1.29 is 14.4 Å². The molecule has 0 spiro atoms. The van der Waals surface area contributed by atoms with Crippen molar-refractivity contribution in [2.24, 2.45) is 0 Å². The Morgan fingerprint density at radius 3 is 2.45 bits per heavy atom. The number of hydrogen-bond acceptors (Lipinski definition) is 7. The Morgan fingerprint density at radius 2 is 1.71 bits per heavy atom. The first-order valence-electron chi connectivity index (χ1n) is 16.1. The van der Waals surface area contributed by atoms with Crippen LogP contribution < -0.4 is 16.0 Å². The molecule has 0 atom stereocenters. The van der Waals surface area contributed by atoms with Crippen LogP contribution in [0, 0.1) is 13.8 Å². The number of amides is 3. The SMILES string of the molecule is Cc1cc(C)n(C(=O)N(C)CCCNC(=O)c2cc(NC(=O)CCCN(C)C)cc(-c3n[nH]c4cc(Nc5ccccc5Cl)ccc34)c2)n1. The molecule has 3 amide bonds. The average molecular weight is 684 g/mol. The predicted molar refractivity (Wildman–Crippen MR) is 195 cm³/mol. The minimum Gasteiger partial charge on any atom is -0.354 e. The van der Waals surface area contributed by atoms with Gasteiger partial charge >= 0.3 is 6.03 Å². The number of benzene rings is 3. The normalized spacial score (nSPS) is 11.2. The number of carbonyl (C=O) groups is 3. The summed E-state index contributed by atoms with van der Waals surface area (Å²) in [6.45, 7) is 5.24. The van der Waals surface area contributed by atoms with Crippen molar-refractivity contribution in [1.82, 2.24) is 35.1 Å². The highest BCUT2D eigenvalue weighted by atomic mass is 35.5. The second-order valence-electron chi connectivity index (χ2n) is 12.3. The number of rotatable bonds is 13. The summed E-state index contributed by atoms with van der Waals surface area (Å²) in [5.41, 5.74) is 6.13. The smallest absolute Gasteiger partial charge is 0.344 e. The zero-order valence-corrected chi connectivity index (χ0v) is 29.2. The first kappa shape index (κ1) is 35.1. The number of nitrogens with zero attached hydrogens (tertiary/aromatic N) is 5. The standard InChI is InChI=1S/C36H42ClN9O3/c1-23-18-24(2)46(43-23)36(49)45(5)17-9-15-38-35(48)26-19-25(20-28(21-26)40-33(47)12-8-16-44(3)4)34-29-14-13-27(22-32(29)41-42-34)39-31-11-7-6-10-30(31)37/h6-7,10-11,13-14,18-22,39H,8-9,12,15-17H2,1-5H3,(H,38,48)(H,40,47)(H,41,42). The molecule has 4 N–H and O–H groups in total. The van der Waals surface area contributed by atoms with Gasteiger partial charge in [-0.15, -0.1) is 0 Å². The molecular formula is C36H42ClN9O3. The summed E-state index contributed by atoms with van der Waals surface area (Å²) in [5.74, 6) is -0.439. The maximum atomic E-state index is 13.4. The zero-order chi connectivity index (χ0) is 35.1. The third-order valence-electron chi connectivity index (χ3n) is 7.95. The van der Waals surface area contributed by atoms with Crippen LogP contribution in [-0.2, 0) is 4.79 Å². The van der Waals surface area contributed by atoms with E-state index in [4.69, 9.17) is 11.6 Å². The van der Waals surface area contributed by atoms with Gasteiger partial charge in [-0.3, -0.25) is 14.7 Å². The summed E-state index contributed by atoms with van der Waals surface area (Å²) in [7, 11) is 5.64. The lowest BCUT2D eigenvalue weighted by Gasteiger charge is -2.17. The highest BCUT2D eigenvalue weighted by Crippen LogP contribution is 2.32. The first-order chi connectivity index (χ1) is 23.5. The van der Waals surface area contributed by atoms with Crippen LogP contribution in [0.3, 0.4) is 0 Å². The topological polar surface area (TPSA) is 140 Å². The molecular weight excluding hydrogens is 642 g/mol. The monoisotopic (exact) mass is 683 g/mol. The van der Waals surface area contributed by atoms with Crippen molar-refractivity contribution in [3.63, 3.8) is 0 Å². The van der Waals surface area contributed by atoms with Gasteiger partial charge in [-0.25, -0.2) is 4.79 Å². The molecule has 0 saturated carbocycles. The molecule has 0 saturated heterocycles. The largest absolute Gasteiger partial charge is 0.354 e. The van der Waals surface area contributed by atoms with E-state index in [0.29, 0.717) is 59.9 Å². The average Bonchev–Trinajstić information content (AvgIpc) is 3.64. The van der Waals surface area contributed by atoms with Crippen LogP contribution in [0.2, 0.25) is 5.02 Å². The quantitative estimate of drug-likeness (QED) is 0.105. The number of aromatic amines is 1. The van der Waals surface area contributed by atoms with Gasteiger partial charge in [0.1, 0.15) is 0 Å². The molecule has 0 aliphatic rings. The van der Waals surface area contributed by atoms with Crippen LogP contribution in [0.25, 0.3) is 22.2 Å². The number of fused-ring (bicyclic) bond motifs is 1. The van der Waals surface area contributed by atoms with Gasteiger partial charge in [0.2, 0.25) is 5.91 Å². The lowest BCUT2D eigenvalue weighted by Crippen LogP contribution is -2.35. The molecule has 0 bridgehead atoms. The second kappa shape index (κ2) is 15.8. The lowest BCUT2D eigenvalue weighted by molar-refractivity contribution is -0.116. The minimum absolute atomic E-state index is 0.136. The fraction of sp³-hybridized carbons (Fsp3) is 0.306. The fourth-order valence-corrected chi connectivity index (χ4v) is 5.67. The third kappa shape index (κ3) is 9.04. The Hall–Kier alpha value is -5.20. The molecule has 256 valence electrons. The molecule has 0 fully saturated rings. The van der Waals surface area contributed by atoms with Crippen molar-refractivity contribution in [2.45, 2.75) is 33.1 Å². The molecule has 12 nitrogen and oxygen atoms in total. The Morgan fingerprint density at radius 1 is 0.918 bits per heavy atom. The molecule has 0 aliphatic carbocycles. The Kier molecular flexibility index (Phi) is 11.3. The third-order valence-corrected chi connectivity index (χ3v) is 8.28. The second-order valence-corrected chi connectivity index (χ2v) is 12.8. The number of halogens is 1. The molecule has 0 unspecified atom stereocenters. The summed E-state index contributed by atoms with van der Waals surface area (Å²) in [6, 6.07) is 20.2. The molecule has 0 radical (unpaired) electrons. The van der Waals surface area contributed by atoms with Crippen LogP contribution in [-0.4, -0.2) is 88.4 Å². The summed E-state index contributed by atoms with van der Waals surface area (Å²) in [5, 5.41) is 22.7. The van der Waals surface area contributed by atoms with E-state index in [1.165, 1.54) is 4.68 Å². The molecule has 0 aliphatic heterocycles. The van der Waals surface area contributed by atoms with Gasteiger partial charge in [0.15, 0.2) is 0 Å². The first-order valence-corrected chi connectivity index (χ1v) is 16.5. The molecule has 2 aromatic heterocycles. The highest BCUT2D eigenvalue weighted by molar-refractivity contribution is 6.33. The van der Waals surface area contributed by atoms with Gasteiger partial charge in [0.05, 0.1) is 27.6 Å². The fourth-order valence-electron chi connectivity index (χ4n) is 5.48.